The molecule has 0 aliphatic rings. The van der Waals surface area contributed by atoms with E-state index < -0.39 is 0 Å². The van der Waals surface area contributed by atoms with Gasteiger partial charge in [-0.3, -0.25) is 0 Å². The third-order valence-electron chi connectivity index (χ3n) is 3.46. The third-order valence-corrected chi connectivity index (χ3v) is 3.46. The molecule has 0 aliphatic carbocycles. The van der Waals surface area contributed by atoms with E-state index in [2.05, 4.69) is 19.9 Å². The third kappa shape index (κ3) is 22.3. The van der Waals surface area contributed by atoms with E-state index in [1.54, 1.807) is 0 Å². The Bertz CT molecular complexity index is 207. The van der Waals surface area contributed by atoms with E-state index in [-0.39, 0.29) is 19.5 Å². The summed E-state index contributed by atoms with van der Waals surface area (Å²) in [4.78, 5) is 0. The second kappa shape index (κ2) is 22.1. The van der Waals surface area contributed by atoms with Gasteiger partial charge in [-0.15, -0.1) is 0 Å². The van der Waals surface area contributed by atoms with E-state index in [0.29, 0.717) is 0 Å². The molecule has 0 amide bonds. The standard InChI is InChI=1S/C14H29.C6H5.Zn/c1-3-5-7-9-11-13-14-12-10-8-6-4-2;1-2-4-6-5-3-1;/h1,3-14H2,2H3;1-5H;/q2*-1;+2. The van der Waals surface area contributed by atoms with E-state index in [1.165, 1.54) is 70.6 Å². The van der Waals surface area contributed by atoms with E-state index in [1.807, 2.05) is 30.3 Å². The van der Waals surface area contributed by atoms with E-state index in [9.17, 15) is 0 Å². The van der Waals surface area contributed by atoms with Crippen molar-refractivity contribution in [1.29, 1.82) is 0 Å². The molecule has 0 atom stereocenters. The molecule has 1 aromatic rings. The molecule has 0 fully saturated rings. The first-order valence-electron chi connectivity index (χ1n) is 8.62. The van der Waals surface area contributed by atoms with Crippen LogP contribution < -0.4 is 0 Å². The molecule has 1 aromatic carbocycles. The molecular formula is C20H34Zn. The maximum absolute atomic E-state index is 3.86. The fourth-order valence-electron chi connectivity index (χ4n) is 2.18. The van der Waals surface area contributed by atoms with Crippen molar-refractivity contribution in [2.45, 2.75) is 84.0 Å². The van der Waals surface area contributed by atoms with Crippen LogP contribution in [0.1, 0.15) is 84.0 Å². The molecule has 1 heteroatoms. The maximum Gasteiger partial charge on any atom is 2.00 e. The molecule has 0 heterocycles. The normalized spacial score (nSPS) is 9.43. The average molecular weight is 340 g/mol. The second-order valence-electron chi connectivity index (χ2n) is 5.47. The van der Waals surface area contributed by atoms with Gasteiger partial charge >= 0.3 is 19.5 Å². The Hall–Kier alpha value is -0.157. The van der Waals surface area contributed by atoms with E-state index in [4.69, 9.17) is 0 Å². The Labute approximate surface area is 146 Å². The monoisotopic (exact) mass is 338 g/mol. The van der Waals surface area contributed by atoms with Gasteiger partial charge in [-0.25, -0.2) is 0 Å². The van der Waals surface area contributed by atoms with Crippen molar-refractivity contribution in [1.82, 2.24) is 0 Å². The summed E-state index contributed by atoms with van der Waals surface area (Å²) in [5, 5.41) is 0. The van der Waals surface area contributed by atoms with Crippen molar-refractivity contribution >= 4 is 0 Å². The Kier molecular flexibility index (Phi) is 24.4. The molecule has 0 N–H and O–H groups in total. The Morgan fingerprint density at radius 3 is 1.38 bits per heavy atom. The van der Waals surface area contributed by atoms with Gasteiger partial charge in [-0.2, -0.15) is 42.8 Å². The van der Waals surface area contributed by atoms with Gasteiger partial charge in [0.05, 0.1) is 0 Å². The molecule has 0 aromatic heterocycles. The smallest absolute Gasteiger partial charge is 0.343 e. The van der Waals surface area contributed by atoms with Gasteiger partial charge in [0.1, 0.15) is 0 Å². The SMILES string of the molecule is [CH2-]CCCCCCCCCCCCC.[Zn+2].[c-]1ccccc1. The summed E-state index contributed by atoms with van der Waals surface area (Å²) in [7, 11) is 0. The Morgan fingerprint density at radius 2 is 1.10 bits per heavy atom. The summed E-state index contributed by atoms with van der Waals surface area (Å²) in [5.74, 6) is 0. The van der Waals surface area contributed by atoms with Crippen LogP contribution in [0.3, 0.4) is 0 Å². The van der Waals surface area contributed by atoms with Crippen LogP contribution in [-0.4, -0.2) is 0 Å². The number of unbranched alkanes of at least 4 members (excludes halogenated alkanes) is 11. The van der Waals surface area contributed by atoms with Gasteiger partial charge in [0, 0.05) is 0 Å². The van der Waals surface area contributed by atoms with Gasteiger partial charge in [0.15, 0.2) is 0 Å². The zero-order chi connectivity index (χ0) is 14.7. The summed E-state index contributed by atoms with van der Waals surface area (Å²) in [6, 6.07) is 12.5. The van der Waals surface area contributed by atoms with Crippen molar-refractivity contribution in [3.63, 3.8) is 0 Å². The maximum atomic E-state index is 3.86. The Balaban J connectivity index is 0. The van der Waals surface area contributed by atoms with Crippen molar-refractivity contribution in [2.24, 2.45) is 0 Å². The quantitative estimate of drug-likeness (QED) is 0.231. The largest absolute Gasteiger partial charge is 2.00 e. The molecule has 0 saturated carbocycles. The van der Waals surface area contributed by atoms with Crippen LogP contribution in [0.25, 0.3) is 0 Å². The first kappa shape index (κ1) is 23.1. The van der Waals surface area contributed by atoms with Crippen LogP contribution >= 0.6 is 0 Å². The molecule has 0 saturated heterocycles. The molecule has 0 bridgehead atoms. The van der Waals surface area contributed by atoms with Gasteiger partial charge in [-0.05, 0) is 0 Å². The molecule has 0 aliphatic heterocycles. The minimum absolute atomic E-state index is 0. The minimum Gasteiger partial charge on any atom is -0.343 e. The summed E-state index contributed by atoms with van der Waals surface area (Å²) in [5.41, 5.74) is 0. The van der Waals surface area contributed by atoms with Crippen molar-refractivity contribution in [2.75, 3.05) is 0 Å². The van der Waals surface area contributed by atoms with Crippen LogP contribution in [0.2, 0.25) is 0 Å². The molecular weight excluding hydrogens is 306 g/mol. The van der Waals surface area contributed by atoms with Crippen molar-refractivity contribution < 1.29 is 19.5 Å². The number of hydrogen-bond acceptors (Lipinski definition) is 0. The molecule has 1 rings (SSSR count). The van der Waals surface area contributed by atoms with Crippen LogP contribution in [0, 0.1) is 13.0 Å². The first-order valence-corrected chi connectivity index (χ1v) is 8.62. The van der Waals surface area contributed by atoms with Crippen molar-refractivity contribution in [3.05, 3.63) is 43.3 Å². The average Bonchev–Trinajstić information content (AvgIpc) is 2.52. The summed E-state index contributed by atoms with van der Waals surface area (Å²) < 4.78 is 0. The summed E-state index contributed by atoms with van der Waals surface area (Å²) >= 11 is 0. The Morgan fingerprint density at radius 1 is 0.667 bits per heavy atom. The zero-order valence-corrected chi connectivity index (χ0v) is 17.3. The first-order chi connectivity index (χ1) is 9.91. The molecule has 0 radical (unpaired) electrons. The summed E-state index contributed by atoms with van der Waals surface area (Å²) in [6.07, 6.45) is 16.9. The van der Waals surface area contributed by atoms with E-state index >= 15 is 0 Å². The molecule has 0 unspecified atom stereocenters. The van der Waals surface area contributed by atoms with Gasteiger partial charge in [-0.1, -0.05) is 77.6 Å². The fraction of sp³-hybridized carbons (Fsp3) is 0.650. The number of hydrogen-bond donors (Lipinski definition) is 0. The van der Waals surface area contributed by atoms with Crippen LogP contribution in [0.4, 0.5) is 0 Å². The summed E-state index contributed by atoms with van der Waals surface area (Å²) in [6.45, 7) is 6.14. The topological polar surface area (TPSA) is 0 Å². The molecule has 116 valence electrons. The van der Waals surface area contributed by atoms with Crippen LogP contribution in [-0.2, 0) is 19.5 Å². The zero-order valence-electron chi connectivity index (χ0n) is 14.3. The minimum atomic E-state index is 0. The van der Waals surface area contributed by atoms with Crippen molar-refractivity contribution in [3.8, 4) is 0 Å². The van der Waals surface area contributed by atoms with Gasteiger partial charge in [0.25, 0.3) is 0 Å². The predicted octanol–water partition coefficient (Wildman–Crippen LogP) is 7.01. The van der Waals surface area contributed by atoms with Gasteiger partial charge < -0.3 is 6.92 Å². The number of benzene rings is 1. The van der Waals surface area contributed by atoms with Gasteiger partial charge in [0.2, 0.25) is 0 Å². The molecule has 21 heavy (non-hydrogen) atoms. The number of rotatable bonds is 11. The molecule has 0 spiro atoms. The van der Waals surface area contributed by atoms with E-state index in [0.717, 1.165) is 6.42 Å². The van der Waals surface area contributed by atoms with Crippen LogP contribution in [0.5, 0.6) is 0 Å². The fourth-order valence-corrected chi connectivity index (χ4v) is 2.18. The van der Waals surface area contributed by atoms with Crippen LogP contribution in [0.15, 0.2) is 30.3 Å². The predicted molar refractivity (Wildman–Crippen MR) is 91.7 cm³/mol. The molecule has 0 nitrogen and oxygen atoms in total. The second-order valence-corrected chi connectivity index (χ2v) is 5.47.